The lowest BCUT2D eigenvalue weighted by Gasteiger charge is -2.15. The van der Waals surface area contributed by atoms with E-state index < -0.39 is 6.10 Å². The van der Waals surface area contributed by atoms with Crippen molar-refractivity contribution in [2.75, 3.05) is 13.2 Å². The lowest BCUT2D eigenvalue weighted by atomic mass is 10.0. The first-order valence-electron chi connectivity index (χ1n) is 19.5. The molecule has 0 unspecified atom stereocenters. The van der Waals surface area contributed by atoms with E-state index in [-0.39, 0.29) is 25.2 Å². The number of hydrogen-bond donors (Lipinski definition) is 1. The van der Waals surface area contributed by atoms with Crippen LogP contribution in [0.3, 0.4) is 0 Å². The van der Waals surface area contributed by atoms with Crippen molar-refractivity contribution in [2.45, 2.75) is 200 Å². The largest absolute Gasteiger partial charge is 0.462 e. The molecule has 5 nitrogen and oxygen atoms in total. The maximum absolute atomic E-state index is 12.2. The molecule has 0 aliphatic rings. The van der Waals surface area contributed by atoms with E-state index in [1.807, 2.05) is 0 Å². The average molecular weight is 647 g/mol. The summed E-state index contributed by atoms with van der Waals surface area (Å²) in [6.45, 7) is 4.09. The molecule has 0 saturated carbocycles. The highest BCUT2D eigenvalue weighted by molar-refractivity contribution is 5.70. The topological polar surface area (TPSA) is 72.8 Å². The van der Waals surface area contributed by atoms with E-state index in [4.69, 9.17) is 9.47 Å². The van der Waals surface area contributed by atoms with Gasteiger partial charge < -0.3 is 14.6 Å². The lowest BCUT2D eigenvalue weighted by Crippen LogP contribution is -2.28. The number of rotatable bonds is 35. The number of aliphatic hydroxyl groups excluding tert-OH is 1. The Balaban J connectivity index is 3.59. The summed E-state index contributed by atoms with van der Waals surface area (Å²) < 4.78 is 10.6. The highest BCUT2D eigenvalue weighted by Gasteiger charge is 2.16. The van der Waals surface area contributed by atoms with E-state index in [0.717, 1.165) is 64.2 Å². The normalized spacial score (nSPS) is 12.5. The lowest BCUT2D eigenvalue weighted by molar-refractivity contribution is -0.161. The summed E-state index contributed by atoms with van der Waals surface area (Å²) in [4.78, 5) is 24.2. The number of hydrogen-bond acceptors (Lipinski definition) is 5. The second-order valence-electron chi connectivity index (χ2n) is 13.0. The van der Waals surface area contributed by atoms with Crippen molar-refractivity contribution in [1.82, 2.24) is 0 Å². The standard InChI is InChI=1S/C41H74O5/c1-3-5-7-9-11-13-15-17-19-20-22-24-26-28-30-32-34-36-41(44)46-39(37-42)38-45-40(43)35-33-31-29-27-25-23-21-18-16-14-12-10-8-6-4-2/h11,13,17,19,22,24,39,42H,3-10,12,14-16,18,20-21,23,25-38H2,1-2H3/t39-/m0/s1. The monoisotopic (exact) mass is 647 g/mol. The molecule has 0 aromatic carbocycles. The Morgan fingerprint density at radius 1 is 0.500 bits per heavy atom. The van der Waals surface area contributed by atoms with Gasteiger partial charge in [-0.05, 0) is 51.4 Å². The second kappa shape index (κ2) is 37.6. The third kappa shape index (κ3) is 35.0. The van der Waals surface area contributed by atoms with Crippen molar-refractivity contribution in [3.05, 3.63) is 36.5 Å². The van der Waals surface area contributed by atoms with Crippen molar-refractivity contribution < 1.29 is 24.2 Å². The molecule has 0 aliphatic carbocycles. The van der Waals surface area contributed by atoms with Gasteiger partial charge in [0.2, 0.25) is 0 Å². The van der Waals surface area contributed by atoms with Gasteiger partial charge in [0.05, 0.1) is 6.61 Å². The fourth-order valence-electron chi connectivity index (χ4n) is 5.44. The highest BCUT2D eigenvalue weighted by Crippen LogP contribution is 2.14. The Labute approximate surface area is 285 Å². The number of unbranched alkanes of at least 4 members (excludes halogenated alkanes) is 21. The Kier molecular flexibility index (Phi) is 36.0. The smallest absolute Gasteiger partial charge is 0.306 e. The summed E-state index contributed by atoms with van der Waals surface area (Å²) in [7, 11) is 0. The van der Waals surface area contributed by atoms with Crippen LogP contribution in [0, 0.1) is 0 Å². The fraction of sp³-hybridized carbons (Fsp3) is 0.805. The molecule has 5 heteroatoms. The molecule has 0 aromatic rings. The third-order valence-electron chi connectivity index (χ3n) is 8.44. The van der Waals surface area contributed by atoms with Gasteiger partial charge in [0.15, 0.2) is 6.10 Å². The second-order valence-corrected chi connectivity index (χ2v) is 13.0. The molecule has 0 fully saturated rings. The summed E-state index contributed by atoms with van der Waals surface area (Å²) in [5, 5.41) is 9.54. The number of ether oxygens (including phenoxy) is 2. The summed E-state index contributed by atoms with van der Waals surface area (Å²) >= 11 is 0. The predicted molar refractivity (Wildman–Crippen MR) is 196 cm³/mol. The minimum Gasteiger partial charge on any atom is -0.462 e. The highest BCUT2D eigenvalue weighted by atomic mass is 16.6. The maximum Gasteiger partial charge on any atom is 0.306 e. The van der Waals surface area contributed by atoms with E-state index in [2.05, 4.69) is 50.3 Å². The maximum atomic E-state index is 12.2. The van der Waals surface area contributed by atoms with Crippen LogP contribution in [0.15, 0.2) is 36.5 Å². The molecular formula is C41H74O5. The summed E-state index contributed by atoms with van der Waals surface area (Å²) in [6.07, 6.45) is 44.8. The Bertz CT molecular complexity index is 741. The number of carbonyl (C=O) groups is 2. The zero-order valence-corrected chi connectivity index (χ0v) is 30.3. The summed E-state index contributed by atoms with van der Waals surface area (Å²) in [6, 6.07) is 0. The molecule has 0 heterocycles. The molecule has 0 bridgehead atoms. The van der Waals surface area contributed by atoms with E-state index in [9.17, 15) is 14.7 Å². The van der Waals surface area contributed by atoms with E-state index in [1.54, 1.807) is 0 Å². The Morgan fingerprint density at radius 2 is 0.870 bits per heavy atom. The van der Waals surface area contributed by atoms with Gasteiger partial charge in [-0.25, -0.2) is 0 Å². The molecule has 0 amide bonds. The number of carbonyl (C=O) groups excluding carboxylic acids is 2. The van der Waals surface area contributed by atoms with Crippen LogP contribution in [0.1, 0.15) is 194 Å². The Morgan fingerprint density at radius 3 is 1.35 bits per heavy atom. The van der Waals surface area contributed by atoms with Crippen molar-refractivity contribution in [3.63, 3.8) is 0 Å². The molecule has 268 valence electrons. The van der Waals surface area contributed by atoms with Crippen LogP contribution in [0.4, 0.5) is 0 Å². The van der Waals surface area contributed by atoms with Crippen LogP contribution in [0.5, 0.6) is 0 Å². The number of esters is 2. The van der Waals surface area contributed by atoms with Crippen LogP contribution in [-0.2, 0) is 19.1 Å². The van der Waals surface area contributed by atoms with Crippen LogP contribution in [0.2, 0.25) is 0 Å². The number of aliphatic hydroxyl groups is 1. The van der Waals surface area contributed by atoms with Crippen LogP contribution >= 0.6 is 0 Å². The molecular weight excluding hydrogens is 572 g/mol. The van der Waals surface area contributed by atoms with Gasteiger partial charge in [-0.3, -0.25) is 9.59 Å². The Hall–Kier alpha value is -1.88. The van der Waals surface area contributed by atoms with Gasteiger partial charge in [0, 0.05) is 12.8 Å². The van der Waals surface area contributed by atoms with Gasteiger partial charge in [0.1, 0.15) is 6.61 Å². The van der Waals surface area contributed by atoms with E-state index in [0.29, 0.717) is 12.8 Å². The van der Waals surface area contributed by atoms with Gasteiger partial charge >= 0.3 is 11.9 Å². The SMILES string of the molecule is CCCCCC=CCC=CCC=CCCCCCCC(=O)O[C@@H](CO)COC(=O)CCCCCCCCCCCCCCCCC. The van der Waals surface area contributed by atoms with Gasteiger partial charge in [0.25, 0.3) is 0 Å². The summed E-state index contributed by atoms with van der Waals surface area (Å²) in [5.41, 5.74) is 0. The van der Waals surface area contributed by atoms with Gasteiger partial charge in [-0.1, -0.05) is 166 Å². The molecule has 0 aliphatic heterocycles. The zero-order chi connectivity index (χ0) is 33.6. The molecule has 1 atom stereocenters. The first kappa shape index (κ1) is 44.1. The molecule has 1 N–H and O–H groups in total. The molecule has 0 saturated heterocycles. The van der Waals surface area contributed by atoms with E-state index >= 15 is 0 Å². The van der Waals surface area contributed by atoms with Gasteiger partial charge in [-0.15, -0.1) is 0 Å². The molecule has 0 rings (SSSR count). The minimum absolute atomic E-state index is 0.0723. The zero-order valence-electron chi connectivity index (χ0n) is 30.3. The predicted octanol–water partition coefficient (Wildman–Crippen LogP) is 12.1. The minimum atomic E-state index is -0.779. The van der Waals surface area contributed by atoms with E-state index in [1.165, 1.54) is 103 Å². The van der Waals surface area contributed by atoms with Crippen molar-refractivity contribution in [1.29, 1.82) is 0 Å². The first-order chi connectivity index (χ1) is 22.6. The first-order valence-corrected chi connectivity index (χ1v) is 19.5. The third-order valence-corrected chi connectivity index (χ3v) is 8.44. The number of allylic oxidation sites excluding steroid dienone is 6. The molecule has 0 aromatic heterocycles. The van der Waals surface area contributed by atoms with Crippen molar-refractivity contribution >= 4 is 11.9 Å². The van der Waals surface area contributed by atoms with Crippen LogP contribution in [0.25, 0.3) is 0 Å². The van der Waals surface area contributed by atoms with Crippen LogP contribution < -0.4 is 0 Å². The molecule has 0 radical (unpaired) electrons. The van der Waals surface area contributed by atoms with Crippen molar-refractivity contribution in [2.24, 2.45) is 0 Å². The molecule has 46 heavy (non-hydrogen) atoms. The fourth-order valence-corrected chi connectivity index (χ4v) is 5.44. The quantitative estimate of drug-likeness (QED) is 0.0421. The van der Waals surface area contributed by atoms with Crippen molar-refractivity contribution in [3.8, 4) is 0 Å². The van der Waals surface area contributed by atoms with Crippen LogP contribution in [-0.4, -0.2) is 36.4 Å². The molecule has 0 spiro atoms. The average Bonchev–Trinajstić information content (AvgIpc) is 3.06. The summed E-state index contributed by atoms with van der Waals surface area (Å²) in [5.74, 6) is -0.611. The van der Waals surface area contributed by atoms with Gasteiger partial charge in [-0.2, -0.15) is 0 Å².